The van der Waals surface area contributed by atoms with E-state index in [2.05, 4.69) is 50.2 Å². The summed E-state index contributed by atoms with van der Waals surface area (Å²) in [7, 11) is 0. The van der Waals surface area contributed by atoms with Gasteiger partial charge in [-0.25, -0.2) is 0 Å². The van der Waals surface area contributed by atoms with E-state index in [1.54, 1.807) is 0 Å². The van der Waals surface area contributed by atoms with Crippen molar-refractivity contribution < 1.29 is 0 Å². The van der Waals surface area contributed by atoms with Crippen LogP contribution in [0, 0.1) is 0 Å². The zero-order chi connectivity index (χ0) is 12.1. The second kappa shape index (κ2) is 6.47. The van der Waals surface area contributed by atoms with Crippen molar-refractivity contribution in [1.82, 2.24) is 15.2 Å². The van der Waals surface area contributed by atoms with Gasteiger partial charge in [0.15, 0.2) is 0 Å². The summed E-state index contributed by atoms with van der Waals surface area (Å²) in [6, 6.07) is 4.82. The van der Waals surface area contributed by atoms with Crippen LogP contribution < -0.4 is 5.32 Å². The Morgan fingerprint density at radius 2 is 2.41 bits per heavy atom. The molecule has 1 aromatic rings. The van der Waals surface area contributed by atoms with Crippen molar-refractivity contribution in [3.63, 3.8) is 0 Å². The van der Waals surface area contributed by atoms with Gasteiger partial charge in [0, 0.05) is 29.8 Å². The van der Waals surface area contributed by atoms with Crippen LogP contribution in [-0.4, -0.2) is 35.6 Å². The highest BCUT2D eigenvalue weighted by Crippen LogP contribution is 2.11. The van der Waals surface area contributed by atoms with E-state index in [0.717, 1.165) is 29.8 Å². The number of likely N-dealkylation sites (N-methyl/N-ethyl adjacent to an activating group) is 1. The molecule has 2 rings (SSSR count). The normalized spacial score (nSPS) is 20.1. The van der Waals surface area contributed by atoms with Crippen LogP contribution in [0.25, 0.3) is 0 Å². The highest BCUT2D eigenvalue weighted by atomic mass is 79.9. The summed E-state index contributed by atoms with van der Waals surface area (Å²) in [5, 5.41) is 3.55. The third kappa shape index (κ3) is 4.05. The average molecular weight is 298 g/mol. The molecule has 2 heterocycles. The first-order chi connectivity index (χ1) is 8.28. The van der Waals surface area contributed by atoms with Crippen molar-refractivity contribution in [1.29, 1.82) is 0 Å². The van der Waals surface area contributed by atoms with Gasteiger partial charge in [0.2, 0.25) is 0 Å². The standard InChI is InChI=1S/C13H20BrN3/c1-2-17(9-12-4-3-7-15-12)10-13-6-5-11(14)8-16-13/h5-6,8,12,15H,2-4,7,9-10H2,1H3. The summed E-state index contributed by atoms with van der Waals surface area (Å²) in [6.45, 7) is 6.55. The Bertz CT molecular complexity index is 333. The van der Waals surface area contributed by atoms with E-state index in [1.165, 1.54) is 19.4 Å². The molecule has 1 aliphatic heterocycles. The Kier molecular flexibility index (Phi) is 4.95. The smallest absolute Gasteiger partial charge is 0.0544 e. The fourth-order valence-corrected chi connectivity index (χ4v) is 2.49. The third-order valence-corrected chi connectivity index (χ3v) is 3.73. The van der Waals surface area contributed by atoms with Crippen molar-refractivity contribution in [2.45, 2.75) is 32.4 Å². The lowest BCUT2D eigenvalue weighted by atomic mass is 10.2. The minimum atomic E-state index is 0.672. The molecule has 1 fully saturated rings. The summed E-state index contributed by atoms with van der Waals surface area (Å²) < 4.78 is 1.04. The Hall–Kier alpha value is -0.450. The molecular formula is C13H20BrN3. The summed E-state index contributed by atoms with van der Waals surface area (Å²) in [4.78, 5) is 6.89. The molecule has 1 saturated heterocycles. The zero-order valence-electron chi connectivity index (χ0n) is 10.3. The van der Waals surface area contributed by atoms with E-state index in [-0.39, 0.29) is 0 Å². The third-order valence-electron chi connectivity index (χ3n) is 3.26. The molecule has 0 spiro atoms. The minimum absolute atomic E-state index is 0.672. The first-order valence-electron chi connectivity index (χ1n) is 6.34. The van der Waals surface area contributed by atoms with Crippen LogP contribution in [0.15, 0.2) is 22.8 Å². The predicted octanol–water partition coefficient (Wildman–Crippen LogP) is 2.42. The van der Waals surface area contributed by atoms with Gasteiger partial charge < -0.3 is 5.32 Å². The molecule has 94 valence electrons. The van der Waals surface area contributed by atoms with E-state index in [0.29, 0.717) is 6.04 Å². The van der Waals surface area contributed by atoms with Gasteiger partial charge in [0.05, 0.1) is 5.69 Å². The molecule has 0 saturated carbocycles. The molecule has 1 aromatic heterocycles. The molecule has 1 N–H and O–H groups in total. The molecule has 17 heavy (non-hydrogen) atoms. The quantitative estimate of drug-likeness (QED) is 0.905. The maximum atomic E-state index is 4.43. The van der Waals surface area contributed by atoms with E-state index < -0.39 is 0 Å². The van der Waals surface area contributed by atoms with Crippen molar-refractivity contribution in [2.75, 3.05) is 19.6 Å². The SMILES string of the molecule is CCN(Cc1ccc(Br)cn1)CC1CCCN1. The van der Waals surface area contributed by atoms with Gasteiger partial charge in [-0.3, -0.25) is 9.88 Å². The van der Waals surface area contributed by atoms with Gasteiger partial charge in [0.1, 0.15) is 0 Å². The van der Waals surface area contributed by atoms with E-state index in [4.69, 9.17) is 0 Å². The summed E-state index contributed by atoms with van der Waals surface area (Å²) in [5.74, 6) is 0. The molecule has 0 amide bonds. The fraction of sp³-hybridized carbons (Fsp3) is 0.615. The van der Waals surface area contributed by atoms with Gasteiger partial charge in [0.25, 0.3) is 0 Å². The van der Waals surface area contributed by atoms with Crippen LogP contribution in [0.3, 0.4) is 0 Å². The number of nitrogens with one attached hydrogen (secondary N) is 1. The maximum Gasteiger partial charge on any atom is 0.0544 e. The van der Waals surface area contributed by atoms with Crippen molar-refractivity contribution in [3.05, 3.63) is 28.5 Å². The molecule has 4 heteroatoms. The Balaban J connectivity index is 1.87. The molecule has 1 unspecified atom stereocenters. The molecule has 0 aromatic carbocycles. The number of hydrogen-bond donors (Lipinski definition) is 1. The first-order valence-corrected chi connectivity index (χ1v) is 7.13. The van der Waals surface area contributed by atoms with Crippen LogP contribution in [0.4, 0.5) is 0 Å². The summed E-state index contributed by atoms with van der Waals surface area (Å²) in [5.41, 5.74) is 1.15. The maximum absolute atomic E-state index is 4.43. The molecular weight excluding hydrogens is 278 g/mol. The monoisotopic (exact) mass is 297 g/mol. The largest absolute Gasteiger partial charge is 0.313 e. The van der Waals surface area contributed by atoms with Crippen LogP contribution >= 0.6 is 15.9 Å². The molecule has 1 atom stereocenters. The van der Waals surface area contributed by atoms with Crippen molar-refractivity contribution >= 4 is 15.9 Å². The van der Waals surface area contributed by atoms with Gasteiger partial charge >= 0.3 is 0 Å². The van der Waals surface area contributed by atoms with Crippen LogP contribution in [0.2, 0.25) is 0 Å². The Labute approximate surface area is 112 Å². The van der Waals surface area contributed by atoms with Gasteiger partial charge in [-0.05, 0) is 54.0 Å². The Morgan fingerprint density at radius 3 is 3.00 bits per heavy atom. The van der Waals surface area contributed by atoms with Gasteiger partial charge in [-0.2, -0.15) is 0 Å². The van der Waals surface area contributed by atoms with Crippen molar-refractivity contribution in [2.24, 2.45) is 0 Å². The van der Waals surface area contributed by atoms with Crippen LogP contribution in [0.1, 0.15) is 25.5 Å². The average Bonchev–Trinajstić information content (AvgIpc) is 2.84. The van der Waals surface area contributed by atoms with E-state index in [1.807, 2.05) is 6.20 Å². The van der Waals surface area contributed by atoms with Gasteiger partial charge in [-0.15, -0.1) is 0 Å². The lowest BCUT2D eigenvalue weighted by Gasteiger charge is -2.23. The second-order valence-electron chi connectivity index (χ2n) is 4.59. The molecule has 0 bridgehead atoms. The molecule has 0 aliphatic carbocycles. The topological polar surface area (TPSA) is 28.2 Å². The highest BCUT2D eigenvalue weighted by Gasteiger charge is 2.17. The lowest BCUT2D eigenvalue weighted by Crippen LogP contribution is -2.37. The van der Waals surface area contributed by atoms with E-state index in [9.17, 15) is 0 Å². The Morgan fingerprint density at radius 1 is 1.53 bits per heavy atom. The number of nitrogens with zero attached hydrogens (tertiary/aromatic N) is 2. The van der Waals surface area contributed by atoms with Crippen molar-refractivity contribution in [3.8, 4) is 0 Å². The number of rotatable bonds is 5. The molecule has 0 radical (unpaired) electrons. The molecule has 1 aliphatic rings. The second-order valence-corrected chi connectivity index (χ2v) is 5.50. The van der Waals surface area contributed by atoms with E-state index >= 15 is 0 Å². The predicted molar refractivity (Wildman–Crippen MR) is 73.9 cm³/mol. The minimum Gasteiger partial charge on any atom is -0.313 e. The fourth-order valence-electron chi connectivity index (χ4n) is 2.26. The molecule has 3 nitrogen and oxygen atoms in total. The van der Waals surface area contributed by atoms with Crippen LogP contribution in [-0.2, 0) is 6.54 Å². The first kappa shape index (κ1) is 13.0. The number of pyridine rings is 1. The summed E-state index contributed by atoms with van der Waals surface area (Å²) in [6.07, 6.45) is 4.50. The number of aromatic nitrogens is 1. The number of halogens is 1. The summed E-state index contributed by atoms with van der Waals surface area (Å²) >= 11 is 3.41. The lowest BCUT2D eigenvalue weighted by molar-refractivity contribution is 0.250. The number of hydrogen-bond acceptors (Lipinski definition) is 3. The van der Waals surface area contributed by atoms with Crippen LogP contribution in [0.5, 0.6) is 0 Å². The zero-order valence-corrected chi connectivity index (χ0v) is 11.9. The highest BCUT2D eigenvalue weighted by molar-refractivity contribution is 9.10. The van der Waals surface area contributed by atoms with Gasteiger partial charge in [-0.1, -0.05) is 6.92 Å².